The zero-order valence-corrected chi connectivity index (χ0v) is 11.8. The minimum absolute atomic E-state index is 0.621. The first kappa shape index (κ1) is 13.2. The third-order valence-corrected chi connectivity index (χ3v) is 3.00. The smallest absolute Gasteiger partial charge is 0.223 e. The second kappa shape index (κ2) is 6.13. The van der Waals surface area contributed by atoms with Crippen molar-refractivity contribution in [2.75, 3.05) is 11.9 Å². The lowest BCUT2D eigenvalue weighted by Gasteiger charge is -2.07. The largest absolute Gasteiger partial charge is 0.354 e. The summed E-state index contributed by atoms with van der Waals surface area (Å²) in [7, 11) is 0. The Morgan fingerprint density at radius 3 is 2.81 bits per heavy atom. The van der Waals surface area contributed by atoms with Crippen LogP contribution in [0.5, 0.6) is 0 Å². The number of nitrogens with zero attached hydrogens (tertiary/aromatic N) is 5. The molecule has 0 saturated heterocycles. The molecule has 0 bridgehead atoms. The molecule has 0 aliphatic heterocycles. The Labute approximate surface area is 122 Å². The molecular formula is C15H16N6. The Balaban J connectivity index is 1.97. The molecule has 0 aliphatic carbocycles. The van der Waals surface area contributed by atoms with E-state index in [4.69, 9.17) is 0 Å². The highest BCUT2D eigenvalue weighted by atomic mass is 15.4. The Morgan fingerprint density at radius 1 is 1.14 bits per heavy atom. The molecule has 2 heterocycles. The molecule has 0 spiro atoms. The average molecular weight is 280 g/mol. The van der Waals surface area contributed by atoms with Crippen LogP contribution in [0.15, 0.2) is 48.8 Å². The highest BCUT2D eigenvalue weighted by Gasteiger charge is 2.10. The number of aromatic nitrogens is 5. The molecule has 6 nitrogen and oxygen atoms in total. The zero-order valence-electron chi connectivity index (χ0n) is 11.8. The van der Waals surface area contributed by atoms with Crippen LogP contribution in [0, 0.1) is 0 Å². The van der Waals surface area contributed by atoms with Gasteiger partial charge in [-0.1, -0.05) is 30.3 Å². The molecule has 1 N–H and O–H groups in total. The molecule has 21 heavy (non-hydrogen) atoms. The van der Waals surface area contributed by atoms with Crippen molar-refractivity contribution >= 4 is 5.95 Å². The van der Waals surface area contributed by atoms with Crippen molar-refractivity contribution < 1.29 is 0 Å². The first-order chi connectivity index (χ1) is 10.4. The van der Waals surface area contributed by atoms with Crippen molar-refractivity contribution in [2.24, 2.45) is 0 Å². The Bertz CT molecular complexity index is 707. The lowest BCUT2D eigenvalue weighted by molar-refractivity contribution is 0.806. The zero-order chi connectivity index (χ0) is 14.5. The second-order valence-electron chi connectivity index (χ2n) is 4.56. The predicted octanol–water partition coefficient (Wildman–Crippen LogP) is 2.55. The maximum absolute atomic E-state index is 4.52. The van der Waals surface area contributed by atoms with Gasteiger partial charge in [0, 0.05) is 12.7 Å². The second-order valence-corrected chi connectivity index (χ2v) is 4.56. The topological polar surface area (TPSA) is 68.5 Å². The van der Waals surface area contributed by atoms with Crippen molar-refractivity contribution in [1.29, 1.82) is 0 Å². The third-order valence-electron chi connectivity index (χ3n) is 3.00. The fourth-order valence-corrected chi connectivity index (χ4v) is 1.99. The molecular weight excluding hydrogens is 264 g/mol. The predicted molar refractivity (Wildman–Crippen MR) is 81.2 cm³/mol. The lowest BCUT2D eigenvalue weighted by atomic mass is 10.3. The summed E-state index contributed by atoms with van der Waals surface area (Å²) in [6.07, 6.45) is 4.47. The number of nitrogens with one attached hydrogen (secondary N) is 1. The summed E-state index contributed by atoms with van der Waals surface area (Å²) >= 11 is 0. The van der Waals surface area contributed by atoms with Crippen LogP contribution in [-0.2, 0) is 0 Å². The van der Waals surface area contributed by atoms with Crippen molar-refractivity contribution in [3.8, 4) is 17.1 Å². The van der Waals surface area contributed by atoms with Crippen molar-refractivity contribution in [3.05, 3.63) is 48.8 Å². The molecule has 0 atom stereocenters. The fourth-order valence-electron chi connectivity index (χ4n) is 1.99. The van der Waals surface area contributed by atoms with E-state index in [1.165, 1.54) is 0 Å². The summed E-state index contributed by atoms with van der Waals surface area (Å²) in [6, 6.07) is 11.7. The van der Waals surface area contributed by atoms with Crippen molar-refractivity contribution in [2.45, 2.75) is 13.3 Å². The van der Waals surface area contributed by atoms with Gasteiger partial charge in [-0.2, -0.15) is 0 Å². The fraction of sp³-hybridized carbons (Fsp3) is 0.200. The van der Waals surface area contributed by atoms with E-state index in [-0.39, 0.29) is 0 Å². The van der Waals surface area contributed by atoms with E-state index >= 15 is 0 Å². The molecule has 0 unspecified atom stereocenters. The Morgan fingerprint density at radius 2 is 2.00 bits per heavy atom. The van der Waals surface area contributed by atoms with Gasteiger partial charge in [0.2, 0.25) is 5.95 Å². The van der Waals surface area contributed by atoms with Crippen LogP contribution in [0.1, 0.15) is 13.3 Å². The van der Waals surface area contributed by atoms with Crippen molar-refractivity contribution in [3.63, 3.8) is 0 Å². The van der Waals surface area contributed by atoms with Gasteiger partial charge in [0.1, 0.15) is 5.69 Å². The van der Waals surface area contributed by atoms with Gasteiger partial charge >= 0.3 is 0 Å². The van der Waals surface area contributed by atoms with Gasteiger partial charge in [0.15, 0.2) is 0 Å². The molecule has 6 heteroatoms. The van der Waals surface area contributed by atoms with Crippen LogP contribution >= 0.6 is 0 Å². The van der Waals surface area contributed by atoms with Gasteiger partial charge in [-0.05, 0) is 24.6 Å². The van der Waals surface area contributed by atoms with E-state index < -0.39 is 0 Å². The summed E-state index contributed by atoms with van der Waals surface area (Å²) in [6.45, 7) is 2.95. The van der Waals surface area contributed by atoms with Gasteiger partial charge < -0.3 is 5.32 Å². The van der Waals surface area contributed by atoms with Crippen LogP contribution in [0.4, 0.5) is 5.95 Å². The van der Waals surface area contributed by atoms with Crippen LogP contribution in [0.25, 0.3) is 17.1 Å². The Hall–Kier alpha value is -2.76. The number of rotatable bonds is 5. The lowest BCUT2D eigenvalue weighted by Crippen LogP contribution is -2.05. The number of benzene rings is 1. The molecule has 106 valence electrons. The van der Waals surface area contributed by atoms with Crippen LogP contribution < -0.4 is 5.32 Å². The monoisotopic (exact) mass is 280 g/mol. The summed E-state index contributed by atoms with van der Waals surface area (Å²) < 4.78 is 1.77. The summed E-state index contributed by atoms with van der Waals surface area (Å²) in [5.41, 5.74) is 2.58. The van der Waals surface area contributed by atoms with E-state index in [2.05, 4.69) is 32.5 Å². The van der Waals surface area contributed by atoms with E-state index in [1.54, 1.807) is 17.1 Å². The van der Waals surface area contributed by atoms with Gasteiger partial charge in [-0.15, -0.1) is 5.10 Å². The summed E-state index contributed by atoms with van der Waals surface area (Å²) in [5, 5.41) is 11.3. The SMILES string of the molecule is CCCNc1nccc(-c2cnnn2-c2ccccc2)n1. The van der Waals surface area contributed by atoms with E-state index in [0.717, 1.165) is 30.0 Å². The normalized spacial score (nSPS) is 10.5. The first-order valence-electron chi connectivity index (χ1n) is 6.92. The highest BCUT2D eigenvalue weighted by Crippen LogP contribution is 2.19. The third kappa shape index (κ3) is 2.89. The summed E-state index contributed by atoms with van der Waals surface area (Å²) in [4.78, 5) is 8.73. The van der Waals surface area contributed by atoms with Gasteiger partial charge in [0.05, 0.1) is 17.6 Å². The number of hydrogen-bond acceptors (Lipinski definition) is 5. The number of para-hydroxylation sites is 1. The number of anilines is 1. The maximum Gasteiger partial charge on any atom is 0.223 e. The van der Waals surface area contributed by atoms with E-state index in [1.807, 2.05) is 36.4 Å². The number of hydrogen-bond donors (Lipinski definition) is 1. The molecule has 0 aliphatic rings. The molecule has 2 aromatic heterocycles. The molecule has 3 rings (SSSR count). The van der Waals surface area contributed by atoms with Crippen molar-refractivity contribution in [1.82, 2.24) is 25.0 Å². The maximum atomic E-state index is 4.52. The van der Waals surface area contributed by atoms with Gasteiger partial charge in [-0.3, -0.25) is 0 Å². The first-order valence-corrected chi connectivity index (χ1v) is 6.92. The molecule has 1 aromatic carbocycles. The highest BCUT2D eigenvalue weighted by molar-refractivity contribution is 5.57. The average Bonchev–Trinajstić information content (AvgIpc) is 3.04. The quantitative estimate of drug-likeness (QED) is 0.778. The molecule has 0 amide bonds. The molecule has 0 radical (unpaired) electrons. The molecule has 3 aromatic rings. The Kier molecular flexibility index (Phi) is 3.86. The van der Waals surface area contributed by atoms with Crippen LogP contribution in [-0.4, -0.2) is 31.5 Å². The molecule has 0 saturated carbocycles. The van der Waals surface area contributed by atoms with E-state index in [9.17, 15) is 0 Å². The van der Waals surface area contributed by atoms with Gasteiger partial charge in [0.25, 0.3) is 0 Å². The van der Waals surface area contributed by atoms with Gasteiger partial charge in [-0.25, -0.2) is 14.6 Å². The van der Waals surface area contributed by atoms with E-state index in [0.29, 0.717) is 5.95 Å². The molecule has 0 fully saturated rings. The van der Waals surface area contributed by atoms with Crippen LogP contribution in [0.3, 0.4) is 0 Å². The van der Waals surface area contributed by atoms with Crippen LogP contribution in [0.2, 0.25) is 0 Å². The minimum Gasteiger partial charge on any atom is -0.354 e. The standard InChI is InChI=1S/C15H16N6/c1-2-9-16-15-17-10-8-13(19-15)14-11-18-20-21(14)12-6-4-3-5-7-12/h3-8,10-11H,2,9H2,1H3,(H,16,17,19). The summed E-state index contributed by atoms with van der Waals surface area (Å²) in [5.74, 6) is 0.621. The minimum atomic E-state index is 0.621.